The molecule has 3 N–H and O–H groups in total. The van der Waals surface area contributed by atoms with E-state index < -0.39 is 10.0 Å². The maximum absolute atomic E-state index is 12.0. The summed E-state index contributed by atoms with van der Waals surface area (Å²) < 4.78 is 32.5. The van der Waals surface area contributed by atoms with Crippen LogP contribution in [0.15, 0.2) is 15.7 Å². The zero-order valence-corrected chi connectivity index (χ0v) is 11.9. The normalized spacial score (nSPS) is 23.9. The molecule has 0 aliphatic heterocycles. The van der Waals surface area contributed by atoms with Gasteiger partial charge in [-0.3, -0.25) is 0 Å². The lowest BCUT2D eigenvalue weighted by Gasteiger charge is -2.34. The van der Waals surface area contributed by atoms with E-state index in [4.69, 9.17) is 10.5 Å². The maximum atomic E-state index is 12.0. The van der Waals surface area contributed by atoms with E-state index in [1.807, 2.05) is 6.92 Å². The van der Waals surface area contributed by atoms with Crippen LogP contribution in [0.4, 0.5) is 0 Å². The maximum Gasteiger partial charge on any atom is 0.250 e. The zero-order valence-electron chi connectivity index (χ0n) is 10.3. The first-order chi connectivity index (χ1) is 8.55. The van der Waals surface area contributed by atoms with Crippen LogP contribution in [0.25, 0.3) is 0 Å². The van der Waals surface area contributed by atoms with E-state index in [9.17, 15) is 8.42 Å². The van der Waals surface area contributed by atoms with Crippen molar-refractivity contribution >= 4 is 21.4 Å². The molecule has 0 atom stereocenters. The van der Waals surface area contributed by atoms with Crippen LogP contribution in [-0.2, 0) is 21.3 Å². The highest BCUT2D eigenvalue weighted by Gasteiger charge is 2.33. The predicted molar refractivity (Wildman–Crippen MR) is 71.0 cm³/mol. The van der Waals surface area contributed by atoms with Crippen molar-refractivity contribution in [1.29, 1.82) is 0 Å². The molecule has 7 heteroatoms. The highest BCUT2D eigenvalue weighted by atomic mass is 32.2. The second-order valence-electron chi connectivity index (χ2n) is 4.35. The standard InChI is InChI=1S/C11H18N2O3S2/c1-2-16-10-4-9(5-10)13-18(14,15)11-3-8(6-12)7-17-11/h3,7,9-10,13H,2,4-6,12H2,1H3. The van der Waals surface area contributed by atoms with Crippen LogP contribution in [0, 0.1) is 0 Å². The Labute approximate surface area is 111 Å². The molecule has 0 amide bonds. The monoisotopic (exact) mass is 290 g/mol. The minimum Gasteiger partial charge on any atom is -0.378 e. The summed E-state index contributed by atoms with van der Waals surface area (Å²) in [6.07, 6.45) is 1.70. The first kappa shape index (κ1) is 14.0. The summed E-state index contributed by atoms with van der Waals surface area (Å²) in [5.41, 5.74) is 6.32. The van der Waals surface area contributed by atoms with E-state index in [-0.39, 0.29) is 12.1 Å². The molecule has 18 heavy (non-hydrogen) atoms. The Balaban J connectivity index is 1.92. The molecule has 1 heterocycles. The summed E-state index contributed by atoms with van der Waals surface area (Å²) in [6.45, 7) is 2.98. The summed E-state index contributed by atoms with van der Waals surface area (Å²) >= 11 is 1.21. The number of nitrogens with two attached hydrogens (primary N) is 1. The fourth-order valence-electron chi connectivity index (χ4n) is 1.91. The molecule has 2 rings (SSSR count). The van der Waals surface area contributed by atoms with Crippen molar-refractivity contribution in [3.63, 3.8) is 0 Å². The zero-order chi connectivity index (χ0) is 13.2. The molecule has 1 saturated carbocycles. The van der Waals surface area contributed by atoms with Gasteiger partial charge in [0.05, 0.1) is 6.10 Å². The molecule has 0 spiro atoms. The van der Waals surface area contributed by atoms with Gasteiger partial charge in [-0.2, -0.15) is 0 Å². The van der Waals surface area contributed by atoms with Crippen molar-refractivity contribution in [3.8, 4) is 0 Å². The van der Waals surface area contributed by atoms with Gasteiger partial charge in [-0.15, -0.1) is 11.3 Å². The van der Waals surface area contributed by atoms with Gasteiger partial charge in [-0.1, -0.05) is 0 Å². The van der Waals surface area contributed by atoms with E-state index >= 15 is 0 Å². The Morgan fingerprint density at radius 1 is 1.56 bits per heavy atom. The highest BCUT2D eigenvalue weighted by Crippen LogP contribution is 2.26. The molecule has 0 saturated heterocycles. The average Bonchev–Trinajstić information content (AvgIpc) is 2.75. The van der Waals surface area contributed by atoms with Crippen LogP contribution in [0.3, 0.4) is 0 Å². The van der Waals surface area contributed by atoms with E-state index in [1.54, 1.807) is 11.4 Å². The van der Waals surface area contributed by atoms with Gasteiger partial charge in [0.15, 0.2) is 0 Å². The third-order valence-electron chi connectivity index (χ3n) is 2.95. The molecule has 0 radical (unpaired) electrons. The van der Waals surface area contributed by atoms with Gasteiger partial charge in [-0.25, -0.2) is 13.1 Å². The fraction of sp³-hybridized carbons (Fsp3) is 0.636. The average molecular weight is 290 g/mol. The van der Waals surface area contributed by atoms with Gasteiger partial charge in [0.1, 0.15) is 4.21 Å². The van der Waals surface area contributed by atoms with E-state index in [2.05, 4.69) is 4.72 Å². The summed E-state index contributed by atoms with van der Waals surface area (Å²) in [7, 11) is -3.39. The third kappa shape index (κ3) is 3.10. The first-order valence-corrected chi connectivity index (χ1v) is 8.33. The smallest absolute Gasteiger partial charge is 0.250 e. The lowest BCUT2D eigenvalue weighted by Crippen LogP contribution is -2.47. The van der Waals surface area contributed by atoms with Gasteiger partial charge in [-0.05, 0) is 36.8 Å². The molecular formula is C11H18N2O3S2. The predicted octanol–water partition coefficient (Wildman–Crippen LogP) is 1.05. The summed E-state index contributed by atoms with van der Waals surface area (Å²) in [5.74, 6) is 0. The number of nitrogens with one attached hydrogen (secondary N) is 1. The van der Waals surface area contributed by atoms with Crippen LogP contribution in [-0.4, -0.2) is 27.2 Å². The second-order valence-corrected chi connectivity index (χ2v) is 7.20. The first-order valence-electron chi connectivity index (χ1n) is 5.96. The van der Waals surface area contributed by atoms with Crippen molar-refractivity contribution in [3.05, 3.63) is 17.0 Å². The Bertz CT molecular complexity index is 492. The van der Waals surface area contributed by atoms with Crippen LogP contribution < -0.4 is 10.5 Å². The quantitative estimate of drug-likeness (QED) is 0.820. The third-order valence-corrected chi connectivity index (χ3v) is 5.96. The molecule has 1 aliphatic rings. The molecule has 5 nitrogen and oxygen atoms in total. The molecule has 1 fully saturated rings. The number of hydrogen-bond donors (Lipinski definition) is 2. The summed E-state index contributed by atoms with van der Waals surface area (Å²) in [5, 5.41) is 1.78. The van der Waals surface area contributed by atoms with Crippen LogP contribution >= 0.6 is 11.3 Å². The van der Waals surface area contributed by atoms with Gasteiger partial charge < -0.3 is 10.5 Å². The van der Waals surface area contributed by atoms with Crippen molar-refractivity contribution in [2.75, 3.05) is 6.61 Å². The highest BCUT2D eigenvalue weighted by molar-refractivity contribution is 7.91. The number of ether oxygens (including phenoxy) is 1. The molecule has 1 aromatic rings. The van der Waals surface area contributed by atoms with Gasteiger partial charge in [0.25, 0.3) is 0 Å². The Morgan fingerprint density at radius 3 is 2.83 bits per heavy atom. The largest absolute Gasteiger partial charge is 0.378 e. The minimum absolute atomic E-state index is 0.00465. The van der Waals surface area contributed by atoms with Crippen LogP contribution in [0.5, 0.6) is 0 Å². The molecule has 0 unspecified atom stereocenters. The Kier molecular flexibility index (Phi) is 4.39. The summed E-state index contributed by atoms with van der Waals surface area (Å²) in [6, 6.07) is 1.63. The molecule has 1 aliphatic carbocycles. The molecule has 102 valence electrons. The number of hydrogen-bond acceptors (Lipinski definition) is 5. The SMILES string of the molecule is CCOC1CC(NS(=O)(=O)c2cc(CN)cs2)C1. The second kappa shape index (κ2) is 5.66. The minimum atomic E-state index is -3.39. The van der Waals surface area contributed by atoms with Crippen molar-refractivity contribution < 1.29 is 13.2 Å². The molecule has 0 aromatic carbocycles. The van der Waals surface area contributed by atoms with Gasteiger partial charge in [0, 0.05) is 19.2 Å². The van der Waals surface area contributed by atoms with Crippen molar-refractivity contribution in [2.24, 2.45) is 5.73 Å². The number of thiophene rings is 1. The molecule has 0 bridgehead atoms. The lowest BCUT2D eigenvalue weighted by molar-refractivity contribution is -0.00474. The lowest BCUT2D eigenvalue weighted by atomic mass is 9.90. The number of sulfonamides is 1. The van der Waals surface area contributed by atoms with Crippen molar-refractivity contribution in [1.82, 2.24) is 4.72 Å². The molecular weight excluding hydrogens is 272 g/mol. The Morgan fingerprint density at radius 2 is 2.28 bits per heavy atom. The fourth-order valence-corrected chi connectivity index (χ4v) is 4.41. The van der Waals surface area contributed by atoms with Gasteiger partial charge in [0.2, 0.25) is 10.0 Å². The van der Waals surface area contributed by atoms with E-state index in [0.717, 1.165) is 18.4 Å². The molecule has 1 aromatic heterocycles. The van der Waals surface area contributed by atoms with Gasteiger partial charge >= 0.3 is 0 Å². The van der Waals surface area contributed by atoms with Crippen LogP contribution in [0.2, 0.25) is 0 Å². The van der Waals surface area contributed by atoms with E-state index in [0.29, 0.717) is 17.4 Å². The number of rotatable bonds is 6. The Hall–Kier alpha value is -0.470. The van der Waals surface area contributed by atoms with Crippen LogP contribution in [0.1, 0.15) is 25.3 Å². The van der Waals surface area contributed by atoms with E-state index in [1.165, 1.54) is 11.3 Å². The topological polar surface area (TPSA) is 81.4 Å². The van der Waals surface area contributed by atoms with Crippen molar-refractivity contribution in [2.45, 2.75) is 42.7 Å². The summed E-state index contributed by atoms with van der Waals surface area (Å²) in [4.78, 5) is 0.